The summed E-state index contributed by atoms with van der Waals surface area (Å²) in [6, 6.07) is 24.3. The van der Waals surface area contributed by atoms with Crippen LogP contribution in [0.3, 0.4) is 0 Å². The first kappa shape index (κ1) is 24.2. The molecule has 2 amide bonds. The highest BCUT2D eigenvalue weighted by Gasteiger charge is 2.24. The van der Waals surface area contributed by atoms with E-state index in [1.54, 1.807) is 18.2 Å². The van der Waals surface area contributed by atoms with Gasteiger partial charge in [-0.05, 0) is 48.4 Å². The van der Waals surface area contributed by atoms with Crippen molar-refractivity contribution in [1.29, 1.82) is 0 Å². The van der Waals surface area contributed by atoms with Crippen molar-refractivity contribution in [2.24, 2.45) is 0 Å². The molecule has 4 aromatic rings. The van der Waals surface area contributed by atoms with Crippen LogP contribution in [-0.4, -0.2) is 23.3 Å². The zero-order valence-electron chi connectivity index (χ0n) is 19.5. The second-order valence-electron chi connectivity index (χ2n) is 8.77. The van der Waals surface area contributed by atoms with Crippen LogP contribution in [0.1, 0.15) is 33.7 Å². The van der Waals surface area contributed by atoms with Crippen molar-refractivity contribution in [3.63, 3.8) is 0 Å². The molecule has 0 atom stereocenters. The number of amides is 2. The summed E-state index contributed by atoms with van der Waals surface area (Å²) in [6.45, 7) is 1.18. The minimum atomic E-state index is -0.322. The van der Waals surface area contributed by atoms with Gasteiger partial charge in [-0.25, -0.2) is 0 Å². The van der Waals surface area contributed by atoms with Gasteiger partial charge < -0.3 is 14.6 Å². The molecular formula is C29H24Cl2N2O3. The number of rotatable bonds is 6. The Bertz CT molecular complexity index is 1420. The molecule has 0 saturated carbocycles. The number of hydrogen-bond acceptors (Lipinski definition) is 3. The molecule has 36 heavy (non-hydrogen) atoms. The third-order valence-electron chi connectivity index (χ3n) is 6.27. The Morgan fingerprint density at radius 1 is 0.944 bits per heavy atom. The summed E-state index contributed by atoms with van der Waals surface area (Å²) < 4.78 is 6.14. The largest absolute Gasteiger partial charge is 0.461 e. The molecule has 1 aliphatic rings. The van der Waals surface area contributed by atoms with E-state index in [4.69, 9.17) is 27.6 Å². The van der Waals surface area contributed by atoms with E-state index < -0.39 is 0 Å². The van der Waals surface area contributed by atoms with Crippen LogP contribution in [0.5, 0.6) is 0 Å². The third kappa shape index (κ3) is 5.48. The summed E-state index contributed by atoms with van der Waals surface area (Å²) in [4.78, 5) is 27.4. The van der Waals surface area contributed by atoms with Crippen LogP contribution in [0.2, 0.25) is 10.0 Å². The number of furan rings is 1. The molecule has 7 heteroatoms. The predicted molar refractivity (Wildman–Crippen MR) is 142 cm³/mol. The Morgan fingerprint density at radius 2 is 1.78 bits per heavy atom. The highest BCUT2D eigenvalue weighted by atomic mass is 35.5. The third-order valence-corrected chi connectivity index (χ3v) is 6.82. The average Bonchev–Trinajstić information content (AvgIpc) is 3.31. The molecule has 5 nitrogen and oxygen atoms in total. The number of anilines is 1. The minimum absolute atomic E-state index is 0.151. The van der Waals surface area contributed by atoms with Crippen molar-refractivity contribution in [2.45, 2.75) is 25.8 Å². The first-order valence-electron chi connectivity index (χ1n) is 11.8. The second-order valence-corrected chi connectivity index (χ2v) is 9.61. The SMILES string of the molecule is O=C(Nc1cccc(-c2cc3c(o2)CCN(C(=O)CCc2ccccc2)C3)c1)c1ccc(Cl)cc1Cl. The maximum Gasteiger partial charge on any atom is 0.257 e. The summed E-state index contributed by atoms with van der Waals surface area (Å²) in [6.07, 6.45) is 1.90. The van der Waals surface area contributed by atoms with E-state index in [1.165, 1.54) is 11.6 Å². The van der Waals surface area contributed by atoms with E-state index in [2.05, 4.69) is 5.32 Å². The molecule has 0 saturated heterocycles. The number of fused-ring (bicyclic) bond motifs is 1. The molecule has 0 radical (unpaired) electrons. The van der Waals surface area contributed by atoms with Crippen molar-refractivity contribution in [3.05, 3.63) is 111 Å². The minimum Gasteiger partial charge on any atom is -0.461 e. The van der Waals surface area contributed by atoms with Gasteiger partial charge in [-0.3, -0.25) is 9.59 Å². The van der Waals surface area contributed by atoms with Gasteiger partial charge in [0.1, 0.15) is 11.5 Å². The van der Waals surface area contributed by atoms with Crippen molar-refractivity contribution >= 4 is 40.7 Å². The number of nitrogens with one attached hydrogen (secondary N) is 1. The Morgan fingerprint density at radius 3 is 2.58 bits per heavy atom. The number of hydrogen-bond donors (Lipinski definition) is 1. The number of carbonyl (C=O) groups is 2. The van der Waals surface area contributed by atoms with Crippen LogP contribution in [-0.2, 0) is 24.2 Å². The maximum atomic E-state index is 12.8. The molecule has 1 aromatic heterocycles. The normalized spacial score (nSPS) is 12.8. The quantitative estimate of drug-likeness (QED) is 0.298. The molecule has 0 spiro atoms. The van der Waals surface area contributed by atoms with Gasteiger partial charge in [-0.2, -0.15) is 0 Å². The molecule has 0 fully saturated rings. The Hall–Kier alpha value is -3.54. The van der Waals surface area contributed by atoms with Gasteiger partial charge in [0.15, 0.2) is 0 Å². The fourth-order valence-corrected chi connectivity index (χ4v) is 4.86. The number of aryl methyl sites for hydroxylation is 1. The van der Waals surface area contributed by atoms with Crippen molar-refractivity contribution in [3.8, 4) is 11.3 Å². The molecule has 0 bridgehead atoms. The summed E-state index contributed by atoms with van der Waals surface area (Å²) in [5, 5.41) is 3.64. The van der Waals surface area contributed by atoms with E-state index in [1.807, 2.05) is 59.5 Å². The Labute approximate surface area is 219 Å². The monoisotopic (exact) mass is 518 g/mol. The number of halogens is 2. The lowest BCUT2D eigenvalue weighted by Crippen LogP contribution is -2.35. The van der Waals surface area contributed by atoms with Crippen molar-refractivity contribution < 1.29 is 14.0 Å². The van der Waals surface area contributed by atoms with Crippen LogP contribution in [0.4, 0.5) is 5.69 Å². The highest BCUT2D eigenvalue weighted by Crippen LogP contribution is 2.31. The van der Waals surface area contributed by atoms with E-state index in [-0.39, 0.29) is 16.8 Å². The van der Waals surface area contributed by atoms with E-state index in [0.29, 0.717) is 48.0 Å². The lowest BCUT2D eigenvalue weighted by atomic mass is 10.1. The highest BCUT2D eigenvalue weighted by molar-refractivity contribution is 6.37. The zero-order valence-corrected chi connectivity index (χ0v) is 21.0. The first-order chi connectivity index (χ1) is 17.5. The van der Waals surface area contributed by atoms with Gasteiger partial charge in [0.05, 0.1) is 10.6 Å². The summed E-state index contributed by atoms with van der Waals surface area (Å²) in [7, 11) is 0. The number of benzene rings is 3. The maximum absolute atomic E-state index is 12.8. The average molecular weight is 519 g/mol. The van der Waals surface area contributed by atoms with Crippen LogP contribution in [0.15, 0.2) is 83.3 Å². The van der Waals surface area contributed by atoms with E-state index in [9.17, 15) is 9.59 Å². The van der Waals surface area contributed by atoms with Crippen molar-refractivity contribution in [2.75, 3.05) is 11.9 Å². The summed E-state index contributed by atoms with van der Waals surface area (Å²) >= 11 is 12.1. The Kier molecular flexibility index (Phi) is 7.12. The molecule has 5 rings (SSSR count). The molecule has 2 heterocycles. The van der Waals surface area contributed by atoms with Crippen LogP contribution < -0.4 is 5.32 Å². The Balaban J connectivity index is 1.26. The summed E-state index contributed by atoms with van der Waals surface area (Å²) in [5.41, 5.74) is 3.99. The zero-order chi connectivity index (χ0) is 25.1. The summed E-state index contributed by atoms with van der Waals surface area (Å²) in [5.74, 6) is 1.44. The smallest absolute Gasteiger partial charge is 0.257 e. The van der Waals surface area contributed by atoms with E-state index in [0.717, 1.165) is 23.3 Å². The standard InChI is InChI=1S/C29H24Cl2N2O3/c30-22-10-11-24(25(31)17-22)29(35)32-23-8-4-7-20(15-23)27-16-21-18-33(14-13-26(21)36-27)28(34)12-9-19-5-2-1-3-6-19/h1-8,10-11,15-17H,9,12-14,18H2,(H,32,35). The molecule has 3 aromatic carbocycles. The lowest BCUT2D eigenvalue weighted by molar-refractivity contribution is -0.132. The first-order valence-corrected chi connectivity index (χ1v) is 12.5. The van der Waals surface area contributed by atoms with Gasteiger partial charge in [0, 0.05) is 47.8 Å². The second kappa shape index (κ2) is 10.6. The van der Waals surface area contributed by atoms with Gasteiger partial charge in [0.2, 0.25) is 5.91 Å². The molecule has 0 unspecified atom stereocenters. The van der Waals surface area contributed by atoms with Gasteiger partial charge in [0.25, 0.3) is 5.91 Å². The van der Waals surface area contributed by atoms with Crippen molar-refractivity contribution in [1.82, 2.24) is 4.90 Å². The molecular weight excluding hydrogens is 495 g/mol. The fraction of sp³-hybridized carbons (Fsp3) is 0.172. The van der Waals surface area contributed by atoms with Gasteiger partial charge in [-0.1, -0.05) is 65.7 Å². The molecule has 0 aliphatic carbocycles. The van der Waals surface area contributed by atoms with Gasteiger partial charge in [-0.15, -0.1) is 0 Å². The number of nitrogens with zero attached hydrogens (tertiary/aromatic N) is 1. The topological polar surface area (TPSA) is 62.6 Å². The molecule has 1 aliphatic heterocycles. The molecule has 1 N–H and O–H groups in total. The van der Waals surface area contributed by atoms with Gasteiger partial charge >= 0.3 is 0 Å². The van der Waals surface area contributed by atoms with E-state index >= 15 is 0 Å². The van der Waals surface area contributed by atoms with Crippen LogP contribution >= 0.6 is 23.2 Å². The number of carbonyl (C=O) groups excluding carboxylic acids is 2. The fourth-order valence-electron chi connectivity index (χ4n) is 4.36. The van der Waals surface area contributed by atoms with Crippen LogP contribution in [0, 0.1) is 0 Å². The predicted octanol–water partition coefficient (Wildman–Crippen LogP) is 7.02. The van der Waals surface area contributed by atoms with Crippen LogP contribution in [0.25, 0.3) is 11.3 Å². The lowest BCUT2D eigenvalue weighted by Gasteiger charge is -2.26. The molecule has 182 valence electrons.